The van der Waals surface area contributed by atoms with Crippen LogP contribution in [0.25, 0.3) is 0 Å². The molecule has 0 saturated carbocycles. The monoisotopic (exact) mass is 264 g/mol. The van der Waals surface area contributed by atoms with Crippen molar-refractivity contribution < 1.29 is 9.21 Å². The average Bonchev–Trinajstić information content (AvgIpc) is 2.81. The van der Waals surface area contributed by atoms with E-state index in [1.54, 1.807) is 13.2 Å². The Morgan fingerprint density at radius 1 is 1.58 bits per heavy atom. The van der Waals surface area contributed by atoms with Crippen LogP contribution in [0.4, 0.5) is 0 Å². The largest absolute Gasteiger partial charge is 0.468 e. The maximum Gasteiger partial charge on any atom is 0.219 e. The van der Waals surface area contributed by atoms with Crippen molar-refractivity contribution in [3.05, 3.63) is 23.7 Å². The fraction of sp³-hybridized carbons (Fsp3) is 0.667. The summed E-state index contributed by atoms with van der Waals surface area (Å²) in [6.45, 7) is 8.44. The Bertz CT molecular complexity index is 428. The third-order valence-corrected chi connectivity index (χ3v) is 4.20. The van der Waals surface area contributed by atoms with Crippen LogP contribution in [0, 0.1) is 12.8 Å². The molecule has 0 radical (unpaired) electrons. The van der Waals surface area contributed by atoms with E-state index < -0.39 is 0 Å². The van der Waals surface area contributed by atoms with Crippen LogP contribution in [0.1, 0.15) is 38.0 Å². The summed E-state index contributed by atoms with van der Waals surface area (Å²) >= 11 is 0. The topological polar surface area (TPSA) is 45.5 Å². The van der Waals surface area contributed by atoms with Crippen LogP contribution >= 0.6 is 0 Å². The number of carbonyl (C=O) groups is 1. The minimum atomic E-state index is 0.193. The highest BCUT2D eigenvalue weighted by Crippen LogP contribution is 2.21. The minimum Gasteiger partial charge on any atom is -0.468 e. The number of carbonyl (C=O) groups excluding carboxylic acids is 1. The first-order valence-electron chi connectivity index (χ1n) is 7.13. The van der Waals surface area contributed by atoms with Gasteiger partial charge in [0.2, 0.25) is 5.91 Å². The zero-order chi connectivity index (χ0) is 13.8. The van der Waals surface area contributed by atoms with Crippen LogP contribution in [0.5, 0.6) is 0 Å². The quantitative estimate of drug-likeness (QED) is 0.907. The molecule has 1 saturated heterocycles. The van der Waals surface area contributed by atoms with Gasteiger partial charge in [0, 0.05) is 26.1 Å². The molecule has 1 aromatic rings. The number of nitrogens with zero attached hydrogens (tertiary/aromatic N) is 1. The first-order valence-corrected chi connectivity index (χ1v) is 7.13. The summed E-state index contributed by atoms with van der Waals surface area (Å²) < 4.78 is 5.46. The van der Waals surface area contributed by atoms with E-state index in [4.69, 9.17) is 4.42 Å². The third kappa shape index (κ3) is 3.38. The molecule has 19 heavy (non-hydrogen) atoms. The van der Waals surface area contributed by atoms with Crippen molar-refractivity contribution in [2.24, 2.45) is 5.92 Å². The van der Waals surface area contributed by atoms with Crippen molar-refractivity contribution in [1.82, 2.24) is 10.2 Å². The number of hydrogen-bond donors (Lipinski definition) is 1. The van der Waals surface area contributed by atoms with Crippen LogP contribution in [-0.2, 0) is 11.3 Å². The molecule has 4 nitrogen and oxygen atoms in total. The van der Waals surface area contributed by atoms with Gasteiger partial charge in [0.25, 0.3) is 0 Å². The van der Waals surface area contributed by atoms with Crippen LogP contribution in [-0.4, -0.2) is 29.9 Å². The van der Waals surface area contributed by atoms with Gasteiger partial charge in [-0.1, -0.05) is 13.3 Å². The van der Waals surface area contributed by atoms with Gasteiger partial charge in [-0.05, 0) is 30.9 Å². The number of nitrogens with one attached hydrogen (secondary N) is 1. The van der Waals surface area contributed by atoms with Crippen LogP contribution in [0.15, 0.2) is 16.7 Å². The summed E-state index contributed by atoms with van der Waals surface area (Å²) in [5.74, 6) is 1.75. The summed E-state index contributed by atoms with van der Waals surface area (Å²) in [6.07, 6.45) is 3.86. The van der Waals surface area contributed by atoms with E-state index in [0.29, 0.717) is 12.0 Å². The Labute approximate surface area is 115 Å². The number of amides is 1. The smallest absolute Gasteiger partial charge is 0.219 e. The molecule has 2 heterocycles. The lowest BCUT2D eigenvalue weighted by Crippen LogP contribution is -2.50. The van der Waals surface area contributed by atoms with Gasteiger partial charge in [-0.25, -0.2) is 0 Å². The van der Waals surface area contributed by atoms with Gasteiger partial charge in [-0.3, -0.25) is 4.79 Å². The molecule has 0 aromatic carbocycles. The molecule has 1 amide bonds. The molecule has 106 valence electrons. The summed E-state index contributed by atoms with van der Waals surface area (Å²) in [7, 11) is 0. The molecule has 2 rings (SSSR count). The van der Waals surface area contributed by atoms with E-state index >= 15 is 0 Å². The van der Waals surface area contributed by atoms with E-state index in [0.717, 1.165) is 38.2 Å². The van der Waals surface area contributed by atoms with Crippen molar-refractivity contribution in [3.63, 3.8) is 0 Å². The Morgan fingerprint density at radius 2 is 2.37 bits per heavy atom. The first-order chi connectivity index (χ1) is 9.11. The van der Waals surface area contributed by atoms with Crippen molar-refractivity contribution in [1.29, 1.82) is 0 Å². The van der Waals surface area contributed by atoms with E-state index in [2.05, 4.69) is 19.2 Å². The zero-order valence-electron chi connectivity index (χ0n) is 12.1. The molecule has 1 aliphatic heterocycles. The number of aryl methyl sites for hydroxylation is 1. The van der Waals surface area contributed by atoms with Crippen molar-refractivity contribution in [3.8, 4) is 0 Å². The molecular weight excluding hydrogens is 240 g/mol. The van der Waals surface area contributed by atoms with Gasteiger partial charge in [-0.15, -0.1) is 0 Å². The molecule has 1 aromatic heterocycles. The molecule has 0 unspecified atom stereocenters. The fourth-order valence-corrected chi connectivity index (χ4v) is 2.81. The molecule has 0 spiro atoms. The standard InChI is InChI=1S/C15H24N2O2/c1-4-13-10-17(12(3)18)7-5-14(13)16-9-15-11(2)6-8-19-15/h6,8,13-14,16H,4-5,7,9-10H2,1-3H3/t13-,14+/m1/s1. The number of piperidine rings is 1. The van der Waals surface area contributed by atoms with Crippen molar-refractivity contribution >= 4 is 5.91 Å². The SMILES string of the molecule is CC[C@@H]1CN(C(C)=O)CC[C@@H]1NCc1occc1C. The van der Waals surface area contributed by atoms with Gasteiger partial charge in [-0.2, -0.15) is 0 Å². The lowest BCUT2D eigenvalue weighted by molar-refractivity contribution is -0.131. The van der Waals surface area contributed by atoms with E-state index in [1.807, 2.05) is 11.0 Å². The molecule has 1 fully saturated rings. The number of rotatable bonds is 4. The summed E-state index contributed by atoms with van der Waals surface area (Å²) in [5.41, 5.74) is 1.20. The lowest BCUT2D eigenvalue weighted by atomic mass is 9.89. The van der Waals surface area contributed by atoms with E-state index in [1.165, 1.54) is 5.56 Å². The van der Waals surface area contributed by atoms with Gasteiger partial charge < -0.3 is 14.6 Å². The maximum atomic E-state index is 11.4. The lowest BCUT2D eigenvalue weighted by Gasteiger charge is -2.38. The number of likely N-dealkylation sites (tertiary alicyclic amines) is 1. The van der Waals surface area contributed by atoms with Gasteiger partial charge in [0.1, 0.15) is 5.76 Å². The molecule has 0 aliphatic carbocycles. The second kappa shape index (κ2) is 6.24. The van der Waals surface area contributed by atoms with Gasteiger partial charge in [0.15, 0.2) is 0 Å². The number of furan rings is 1. The Morgan fingerprint density at radius 3 is 2.95 bits per heavy atom. The summed E-state index contributed by atoms with van der Waals surface area (Å²) in [6, 6.07) is 2.47. The maximum absolute atomic E-state index is 11.4. The summed E-state index contributed by atoms with van der Waals surface area (Å²) in [5, 5.41) is 3.59. The van der Waals surface area contributed by atoms with Gasteiger partial charge in [0.05, 0.1) is 12.8 Å². The fourth-order valence-electron chi connectivity index (χ4n) is 2.81. The number of hydrogen-bond acceptors (Lipinski definition) is 3. The summed E-state index contributed by atoms with van der Waals surface area (Å²) in [4.78, 5) is 13.4. The zero-order valence-corrected chi connectivity index (χ0v) is 12.1. The minimum absolute atomic E-state index is 0.193. The van der Waals surface area contributed by atoms with Crippen molar-refractivity contribution in [2.45, 2.75) is 46.2 Å². The first kappa shape index (κ1) is 14.1. The van der Waals surface area contributed by atoms with E-state index in [-0.39, 0.29) is 5.91 Å². The predicted octanol–water partition coefficient (Wildman–Crippen LogP) is 2.32. The Kier molecular flexibility index (Phi) is 4.64. The second-order valence-corrected chi connectivity index (χ2v) is 5.44. The normalized spacial score (nSPS) is 23.6. The highest BCUT2D eigenvalue weighted by Gasteiger charge is 2.28. The molecular formula is C15H24N2O2. The van der Waals surface area contributed by atoms with Crippen LogP contribution in [0.2, 0.25) is 0 Å². The highest BCUT2D eigenvalue weighted by molar-refractivity contribution is 5.73. The Balaban J connectivity index is 1.90. The van der Waals surface area contributed by atoms with Crippen molar-refractivity contribution in [2.75, 3.05) is 13.1 Å². The molecule has 1 N–H and O–H groups in total. The second-order valence-electron chi connectivity index (χ2n) is 5.44. The van der Waals surface area contributed by atoms with Crippen LogP contribution < -0.4 is 5.32 Å². The molecule has 1 aliphatic rings. The molecule has 4 heteroatoms. The highest BCUT2D eigenvalue weighted by atomic mass is 16.3. The average molecular weight is 264 g/mol. The predicted molar refractivity (Wildman–Crippen MR) is 74.7 cm³/mol. The third-order valence-electron chi connectivity index (χ3n) is 4.20. The molecule has 2 atom stereocenters. The Hall–Kier alpha value is -1.29. The van der Waals surface area contributed by atoms with E-state index in [9.17, 15) is 4.79 Å². The van der Waals surface area contributed by atoms with Gasteiger partial charge >= 0.3 is 0 Å². The van der Waals surface area contributed by atoms with Crippen LogP contribution in [0.3, 0.4) is 0 Å². The molecule has 0 bridgehead atoms.